The lowest BCUT2D eigenvalue weighted by atomic mass is 10.1. The molecule has 0 spiro atoms. The molecule has 2 heterocycles. The highest BCUT2D eigenvalue weighted by molar-refractivity contribution is 5.86. The first-order valence-corrected chi connectivity index (χ1v) is 16.1. The third-order valence-corrected chi connectivity index (χ3v) is 7.59. The molecule has 3 atom stereocenters. The highest BCUT2D eigenvalue weighted by Gasteiger charge is 2.25. The summed E-state index contributed by atoms with van der Waals surface area (Å²) in [5.74, 6) is -5.55. The predicted octanol–water partition coefficient (Wildman–Crippen LogP) is -0.894. The molecule has 0 aromatic carbocycles. The van der Waals surface area contributed by atoms with Crippen LogP contribution in [0.5, 0.6) is 0 Å². The number of imidazole rings is 2. The number of nitrogens with one attached hydrogen (secondary N) is 3. The second-order valence-corrected chi connectivity index (χ2v) is 11.7. The van der Waals surface area contributed by atoms with E-state index in [-0.39, 0.29) is 52.0 Å². The molecule has 10 N–H and O–H groups in total. The Balaban J connectivity index is 1.80. The van der Waals surface area contributed by atoms with Crippen LogP contribution < -0.4 is 21.7 Å². The summed E-state index contributed by atoms with van der Waals surface area (Å²) in [6.07, 6.45) is 7.27. The minimum Gasteiger partial charge on any atom is -0.481 e. The van der Waals surface area contributed by atoms with E-state index >= 15 is 0 Å². The second kappa shape index (κ2) is 21.5. The van der Waals surface area contributed by atoms with Crippen LogP contribution in [-0.4, -0.2) is 123 Å². The van der Waals surface area contributed by atoms with Gasteiger partial charge in [0, 0.05) is 37.8 Å². The van der Waals surface area contributed by atoms with Gasteiger partial charge in [0.2, 0.25) is 5.91 Å². The summed E-state index contributed by atoms with van der Waals surface area (Å²) in [6, 6.07) is -4.78. The predicted molar refractivity (Wildman–Crippen MR) is 174 cm³/mol. The lowest BCUT2D eigenvalue weighted by Gasteiger charge is -2.23. The van der Waals surface area contributed by atoms with E-state index in [9.17, 15) is 48.9 Å². The van der Waals surface area contributed by atoms with Gasteiger partial charge in [-0.25, -0.2) is 24.4 Å². The number of amides is 3. The molecule has 0 bridgehead atoms. The second-order valence-electron chi connectivity index (χ2n) is 11.7. The van der Waals surface area contributed by atoms with Crippen LogP contribution in [0, 0.1) is 0 Å². The van der Waals surface area contributed by atoms with Crippen molar-refractivity contribution in [1.82, 2.24) is 40.0 Å². The molecule has 51 heavy (non-hydrogen) atoms. The Hall–Kier alpha value is -5.57. The fraction of sp³-hybridized carbons (Fsp3) is 0.567. The third-order valence-electron chi connectivity index (χ3n) is 7.59. The zero-order chi connectivity index (χ0) is 37.9. The Labute approximate surface area is 291 Å². The topological polar surface area (TPSA) is 322 Å². The van der Waals surface area contributed by atoms with Gasteiger partial charge in [-0.1, -0.05) is 6.42 Å². The van der Waals surface area contributed by atoms with Crippen molar-refractivity contribution in [2.45, 2.75) is 95.7 Å². The minimum absolute atomic E-state index is 0.0266. The van der Waals surface area contributed by atoms with E-state index in [1.54, 1.807) is 12.4 Å². The monoisotopic (exact) mass is 723 g/mol. The standard InChI is InChI=1S/C30H45N9O12/c31-19(27(46)34-9-3-1-6-20(28(47)48)35-30(51)36-21(29(49)50)7-8-24(40)41)5-2-4-12-37(15-22-32-10-13-38(22)17-25(42)43)16-23-33-11-14-39(23)18-26(44)45/h10-11,13-14,19-21H,1-9,12,15-18,31H2,(H,34,46)(H,40,41)(H,42,43)(H,44,45)(H,47,48)(H,49,50)(H2,35,36,51)/t19-,20?,21?/m0/s1. The Morgan fingerprint density at radius 1 is 0.706 bits per heavy atom. The van der Waals surface area contributed by atoms with Gasteiger partial charge < -0.3 is 56.4 Å². The smallest absolute Gasteiger partial charge is 0.326 e. The van der Waals surface area contributed by atoms with E-state index < -0.39 is 66.3 Å². The summed E-state index contributed by atoms with van der Waals surface area (Å²) in [4.78, 5) is 91.2. The van der Waals surface area contributed by atoms with Crippen LogP contribution in [-0.2, 0) is 54.9 Å². The van der Waals surface area contributed by atoms with Crippen molar-refractivity contribution in [2.75, 3.05) is 13.1 Å². The van der Waals surface area contributed by atoms with E-state index in [1.165, 1.54) is 21.5 Å². The van der Waals surface area contributed by atoms with Crippen LogP contribution in [0.15, 0.2) is 24.8 Å². The molecule has 0 aliphatic rings. The lowest BCUT2D eigenvalue weighted by molar-refractivity contribution is -0.141. The molecule has 2 aromatic heterocycles. The van der Waals surface area contributed by atoms with E-state index in [1.807, 2.05) is 4.90 Å². The van der Waals surface area contributed by atoms with Crippen LogP contribution in [0.1, 0.15) is 63.0 Å². The van der Waals surface area contributed by atoms with Gasteiger partial charge >= 0.3 is 35.9 Å². The van der Waals surface area contributed by atoms with Crippen molar-refractivity contribution >= 4 is 41.8 Å². The van der Waals surface area contributed by atoms with Crippen LogP contribution in [0.25, 0.3) is 0 Å². The van der Waals surface area contributed by atoms with Gasteiger partial charge in [-0.2, -0.15) is 0 Å². The molecule has 0 saturated heterocycles. The number of carbonyl (C=O) groups is 7. The number of nitrogens with zero attached hydrogens (tertiary/aromatic N) is 5. The molecule has 21 heteroatoms. The first-order chi connectivity index (χ1) is 24.2. The van der Waals surface area contributed by atoms with Gasteiger partial charge in [0.05, 0.1) is 19.1 Å². The SMILES string of the molecule is N[C@@H](CCCCN(Cc1nccn1CC(=O)O)Cc1nccn1CC(=O)O)C(=O)NCCCCC(NC(=O)NC(CCC(=O)O)C(=O)O)C(=O)O. The number of aromatic nitrogens is 4. The molecule has 0 aliphatic heterocycles. The summed E-state index contributed by atoms with van der Waals surface area (Å²) in [6.45, 7) is 0.616. The molecule has 2 unspecified atom stereocenters. The maximum absolute atomic E-state index is 12.5. The maximum atomic E-state index is 12.5. The summed E-state index contributed by atoms with van der Waals surface area (Å²) in [5.41, 5.74) is 6.07. The number of carboxylic acids is 5. The molecular formula is C30H45N9O12. The highest BCUT2D eigenvalue weighted by Crippen LogP contribution is 2.12. The first-order valence-electron chi connectivity index (χ1n) is 16.1. The molecule has 0 saturated carbocycles. The van der Waals surface area contributed by atoms with E-state index in [0.29, 0.717) is 43.9 Å². The highest BCUT2D eigenvalue weighted by atomic mass is 16.4. The van der Waals surface area contributed by atoms with Crippen molar-refractivity contribution < 1.29 is 59.1 Å². The zero-order valence-electron chi connectivity index (χ0n) is 27.8. The fourth-order valence-electron chi connectivity index (χ4n) is 4.96. The molecule has 282 valence electrons. The molecule has 0 fully saturated rings. The number of unbranched alkanes of at least 4 members (excludes halogenated alkanes) is 2. The zero-order valence-corrected chi connectivity index (χ0v) is 27.8. The molecular weight excluding hydrogens is 678 g/mol. The molecule has 0 aliphatic carbocycles. The quantitative estimate of drug-likeness (QED) is 0.0531. The van der Waals surface area contributed by atoms with E-state index in [0.717, 1.165) is 0 Å². The summed E-state index contributed by atoms with van der Waals surface area (Å²) >= 11 is 0. The summed E-state index contributed by atoms with van der Waals surface area (Å²) in [7, 11) is 0. The van der Waals surface area contributed by atoms with Crippen LogP contribution in [0.2, 0.25) is 0 Å². The number of nitrogens with two attached hydrogens (primary N) is 1. The average molecular weight is 724 g/mol. The number of carboxylic acid groups (broad SMARTS) is 5. The van der Waals surface area contributed by atoms with Crippen molar-refractivity contribution in [1.29, 1.82) is 0 Å². The Morgan fingerprint density at radius 3 is 1.71 bits per heavy atom. The van der Waals surface area contributed by atoms with Crippen LogP contribution in [0.3, 0.4) is 0 Å². The lowest BCUT2D eigenvalue weighted by Crippen LogP contribution is -2.51. The Kier molecular flexibility index (Phi) is 17.5. The summed E-state index contributed by atoms with van der Waals surface area (Å²) < 4.78 is 3.00. The molecule has 0 radical (unpaired) electrons. The number of hydrogen-bond acceptors (Lipinski definition) is 11. The largest absolute Gasteiger partial charge is 0.481 e. The number of aliphatic carboxylic acids is 5. The molecule has 2 rings (SSSR count). The minimum atomic E-state index is -1.52. The fourth-order valence-corrected chi connectivity index (χ4v) is 4.96. The summed E-state index contributed by atoms with van der Waals surface area (Å²) in [5, 5.41) is 52.7. The Bertz CT molecular complexity index is 1440. The number of rotatable bonds is 26. The van der Waals surface area contributed by atoms with Crippen molar-refractivity contribution in [2.24, 2.45) is 5.73 Å². The molecule has 21 nitrogen and oxygen atoms in total. The third kappa shape index (κ3) is 16.1. The maximum Gasteiger partial charge on any atom is 0.326 e. The number of urea groups is 1. The van der Waals surface area contributed by atoms with E-state index in [4.69, 9.17) is 15.9 Å². The van der Waals surface area contributed by atoms with Gasteiger partial charge in [0.15, 0.2) is 0 Å². The first kappa shape index (κ1) is 41.6. The van der Waals surface area contributed by atoms with E-state index in [2.05, 4.69) is 25.9 Å². The van der Waals surface area contributed by atoms with Gasteiger partial charge in [0.25, 0.3) is 0 Å². The van der Waals surface area contributed by atoms with Gasteiger partial charge in [-0.3, -0.25) is 24.1 Å². The number of carbonyl (C=O) groups excluding carboxylic acids is 2. The van der Waals surface area contributed by atoms with Crippen LogP contribution >= 0.6 is 0 Å². The number of hydrogen-bond donors (Lipinski definition) is 9. The average Bonchev–Trinajstić information content (AvgIpc) is 3.67. The van der Waals surface area contributed by atoms with Gasteiger partial charge in [0.1, 0.15) is 36.8 Å². The molecule has 3 amide bonds. The Morgan fingerprint density at radius 2 is 1.22 bits per heavy atom. The van der Waals surface area contributed by atoms with Crippen molar-refractivity contribution in [3.05, 3.63) is 36.4 Å². The molecule has 2 aromatic rings. The van der Waals surface area contributed by atoms with Gasteiger partial charge in [-0.05, 0) is 45.1 Å². The van der Waals surface area contributed by atoms with Crippen LogP contribution in [0.4, 0.5) is 4.79 Å². The van der Waals surface area contributed by atoms with Crippen molar-refractivity contribution in [3.63, 3.8) is 0 Å². The normalized spacial score (nSPS) is 12.8. The van der Waals surface area contributed by atoms with Crippen molar-refractivity contribution in [3.8, 4) is 0 Å². The van der Waals surface area contributed by atoms with Gasteiger partial charge in [-0.15, -0.1) is 0 Å².